The van der Waals surface area contributed by atoms with Gasteiger partial charge in [0, 0.05) is 6.54 Å². The predicted molar refractivity (Wildman–Crippen MR) is 115 cm³/mol. The van der Waals surface area contributed by atoms with E-state index in [-0.39, 0.29) is 37.7 Å². The number of aliphatic hydroxyl groups excluding tert-OH is 2. The van der Waals surface area contributed by atoms with Crippen molar-refractivity contribution >= 4 is 29.7 Å². The minimum absolute atomic E-state index is 0.00896. The molecule has 4 atom stereocenters. The average Bonchev–Trinajstić information content (AvgIpc) is 2.71. The van der Waals surface area contributed by atoms with Crippen molar-refractivity contribution in [3.8, 4) is 0 Å². The molecule has 14 nitrogen and oxygen atoms in total. The van der Waals surface area contributed by atoms with Gasteiger partial charge in [-0.3, -0.25) is 19.4 Å². The smallest absolute Gasteiger partial charge is 0.326 e. The van der Waals surface area contributed by atoms with E-state index >= 15 is 0 Å². The monoisotopic (exact) mass is 461 g/mol. The fourth-order valence-electron chi connectivity index (χ4n) is 2.56. The van der Waals surface area contributed by atoms with Crippen LogP contribution in [0, 0.1) is 5.92 Å². The van der Waals surface area contributed by atoms with E-state index in [0.717, 1.165) is 0 Å². The quantitative estimate of drug-likeness (QED) is 0.0647. The predicted octanol–water partition coefficient (Wildman–Crippen LogP) is -4.06. The van der Waals surface area contributed by atoms with Crippen molar-refractivity contribution < 1.29 is 34.5 Å². The topological polar surface area (TPSA) is 255 Å². The van der Waals surface area contributed by atoms with Gasteiger partial charge in [-0.15, -0.1) is 0 Å². The highest BCUT2D eigenvalue weighted by molar-refractivity contribution is 5.94. The molecule has 4 unspecified atom stereocenters. The standard InChI is InChI=1S/C18H35N7O7/c1-9(2)6-12(24-14(28)10(19)7-26)15(29)25-13(8-27)16(30)23-11(17(31)32)4-3-5-22-18(20)21/h9-13,26-27H,3-8,19H2,1-2H3,(H,23,30)(H,24,28)(H,25,29)(H,31,32)(H4,20,21,22). The summed E-state index contributed by atoms with van der Waals surface area (Å²) in [6.45, 7) is 2.33. The number of carboxylic acids is 1. The van der Waals surface area contributed by atoms with Crippen molar-refractivity contribution in [1.29, 1.82) is 0 Å². The molecule has 184 valence electrons. The molecule has 0 saturated carbocycles. The van der Waals surface area contributed by atoms with Crippen molar-refractivity contribution in [3.63, 3.8) is 0 Å². The van der Waals surface area contributed by atoms with E-state index in [1.807, 2.05) is 0 Å². The third-order valence-corrected chi connectivity index (χ3v) is 4.25. The molecule has 0 aromatic heterocycles. The Bertz CT molecular complexity index is 668. The Morgan fingerprint density at radius 1 is 0.875 bits per heavy atom. The van der Waals surface area contributed by atoms with E-state index < -0.39 is 61.1 Å². The Kier molecular flexibility index (Phi) is 13.5. The molecule has 0 radical (unpaired) electrons. The summed E-state index contributed by atoms with van der Waals surface area (Å²) in [5, 5.41) is 34.8. The highest BCUT2D eigenvalue weighted by Crippen LogP contribution is 2.06. The van der Waals surface area contributed by atoms with E-state index in [2.05, 4.69) is 20.9 Å². The summed E-state index contributed by atoms with van der Waals surface area (Å²) in [4.78, 5) is 52.1. The lowest BCUT2D eigenvalue weighted by atomic mass is 10.0. The number of hydrogen-bond acceptors (Lipinski definition) is 8. The van der Waals surface area contributed by atoms with E-state index in [9.17, 15) is 29.4 Å². The summed E-state index contributed by atoms with van der Waals surface area (Å²) in [7, 11) is 0. The molecular weight excluding hydrogens is 426 g/mol. The van der Waals surface area contributed by atoms with Crippen LogP contribution in [-0.2, 0) is 19.2 Å². The Morgan fingerprint density at radius 2 is 1.41 bits per heavy atom. The lowest BCUT2D eigenvalue weighted by molar-refractivity contribution is -0.142. The van der Waals surface area contributed by atoms with Crippen LogP contribution in [0.4, 0.5) is 0 Å². The molecule has 0 aromatic carbocycles. The number of rotatable bonds is 15. The highest BCUT2D eigenvalue weighted by atomic mass is 16.4. The summed E-state index contributed by atoms with van der Waals surface area (Å²) in [6.07, 6.45) is 0.464. The molecule has 0 aromatic rings. The van der Waals surface area contributed by atoms with Gasteiger partial charge in [-0.1, -0.05) is 13.8 Å². The van der Waals surface area contributed by atoms with Gasteiger partial charge >= 0.3 is 5.97 Å². The fourth-order valence-corrected chi connectivity index (χ4v) is 2.56. The minimum Gasteiger partial charge on any atom is -0.480 e. The first kappa shape index (κ1) is 29.0. The van der Waals surface area contributed by atoms with Crippen LogP contribution in [0.1, 0.15) is 33.1 Å². The molecule has 0 saturated heterocycles. The molecule has 3 amide bonds. The average molecular weight is 462 g/mol. The molecular formula is C18H35N7O7. The zero-order valence-electron chi connectivity index (χ0n) is 18.3. The number of aliphatic imine (C=N–C) groups is 1. The molecule has 0 aliphatic rings. The van der Waals surface area contributed by atoms with E-state index in [0.29, 0.717) is 0 Å². The number of hydrogen-bond donors (Lipinski definition) is 9. The molecule has 0 aliphatic heterocycles. The van der Waals surface area contributed by atoms with Crippen LogP contribution >= 0.6 is 0 Å². The number of nitrogens with zero attached hydrogens (tertiary/aromatic N) is 1. The van der Waals surface area contributed by atoms with Gasteiger partial charge < -0.3 is 48.5 Å². The Hall–Kier alpha value is -2.97. The summed E-state index contributed by atoms with van der Waals surface area (Å²) in [6, 6.07) is -5.07. The van der Waals surface area contributed by atoms with Crippen LogP contribution in [0.15, 0.2) is 4.99 Å². The number of aliphatic carboxylic acids is 1. The molecule has 0 spiro atoms. The van der Waals surface area contributed by atoms with Crippen LogP contribution in [0.3, 0.4) is 0 Å². The van der Waals surface area contributed by atoms with Gasteiger partial charge in [0.1, 0.15) is 24.2 Å². The van der Waals surface area contributed by atoms with Gasteiger partial charge in [0.2, 0.25) is 17.7 Å². The van der Waals surface area contributed by atoms with Gasteiger partial charge in [-0.25, -0.2) is 4.79 Å². The second kappa shape index (κ2) is 14.9. The van der Waals surface area contributed by atoms with Gasteiger partial charge in [0.15, 0.2) is 5.96 Å². The number of aliphatic hydroxyl groups is 2. The summed E-state index contributed by atoms with van der Waals surface area (Å²) >= 11 is 0. The molecule has 0 fully saturated rings. The van der Waals surface area contributed by atoms with E-state index in [1.54, 1.807) is 13.8 Å². The maximum absolute atomic E-state index is 12.6. The number of carbonyl (C=O) groups excluding carboxylic acids is 3. The number of nitrogens with two attached hydrogens (primary N) is 3. The highest BCUT2D eigenvalue weighted by Gasteiger charge is 2.30. The maximum atomic E-state index is 12.6. The zero-order valence-corrected chi connectivity index (χ0v) is 18.3. The van der Waals surface area contributed by atoms with Crippen LogP contribution in [0.25, 0.3) is 0 Å². The zero-order chi connectivity index (χ0) is 24.8. The van der Waals surface area contributed by atoms with Crippen LogP contribution in [0.2, 0.25) is 0 Å². The number of guanidine groups is 1. The van der Waals surface area contributed by atoms with Gasteiger partial charge in [-0.2, -0.15) is 0 Å². The third kappa shape index (κ3) is 11.4. The van der Waals surface area contributed by atoms with Crippen LogP contribution in [0.5, 0.6) is 0 Å². The second-order valence-electron chi connectivity index (χ2n) is 7.57. The SMILES string of the molecule is CC(C)CC(NC(=O)C(N)CO)C(=O)NC(CO)C(=O)NC(CCCN=C(N)N)C(=O)O. The van der Waals surface area contributed by atoms with E-state index in [1.165, 1.54) is 0 Å². The van der Waals surface area contributed by atoms with Crippen molar-refractivity contribution in [2.75, 3.05) is 19.8 Å². The second-order valence-corrected chi connectivity index (χ2v) is 7.57. The third-order valence-electron chi connectivity index (χ3n) is 4.25. The molecule has 0 heterocycles. The van der Waals surface area contributed by atoms with Crippen molar-refractivity contribution in [3.05, 3.63) is 0 Å². The van der Waals surface area contributed by atoms with Crippen LogP contribution in [-0.4, -0.2) is 88.9 Å². The number of carboxylic acid groups (broad SMARTS) is 1. The van der Waals surface area contributed by atoms with Gasteiger partial charge in [0.25, 0.3) is 0 Å². The fraction of sp³-hybridized carbons (Fsp3) is 0.722. The Balaban J connectivity index is 5.13. The lowest BCUT2D eigenvalue weighted by Crippen LogP contribution is -2.58. The minimum atomic E-state index is -1.46. The molecule has 0 rings (SSSR count). The van der Waals surface area contributed by atoms with Gasteiger partial charge in [-0.05, 0) is 25.2 Å². The Morgan fingerprint density at radius 3 is 1.88 bits per heavy atom. The largest absolute Gasteiger partial charge is 0.480 e. The Labute approximate surface area is 186 Å². The summed E-state index contributed by atoms with van der Waals surface area (Å²) in [5.41, 5.74) is 15.8. The normalized spacial score (nSPS) is 14.6. The van der Waals surface area contributed by atoms with Gasteiger partial charge in [0.05, 0.1) is 13.2 Å². The lowest BCUT2D eigenvalue weighted by Gasteiger charge is -2.25. The first-order chi connectivity index (χ1) is 14.9. The number of amides is 3. The summed E-state index contributed by atoms with van der Waals surface area (Å²) < 4.78 is 0. The molecule has 0 bridgehead atoms. The van der Waals surface area contributed by atoms with Crippen molar-refractivity contribution in [2.45, 2.75) is 57.3 Å². The first-order valence-corrected chi connectivity index (χ1v) is 10.1. The van der Waals surface area contributed by atoms with E-state index in [4.69, 9.17) is 22.3 Å². The molecule has 32 heavy (non-hydrogen) atoms. The summed E-state index contributed by atoms with van der Waals surface area (Å²) in [5.74, 6) is -3.94. The van der Waals surface area contributed by atoms with Crippen LogP contribution < -0.4 is 33.2 Å². The molecule has 0 aliphatic carbocycles. The molecule has 14 heteroatoms. The van der Waals surface area contributed by atoms with Crippen molar-refractivity contribution in [2.24, 2.45) is 28.1 Å². The van der Waals surface area contributed by atoms with Crippen molar-refractivity contribution in [1.82, 2.24) is 16.0 Å². The first-order valence-electron chi connectivity index (χ1n) is 10.1. The number of nitrogens with one attached hydrogen (secondary N) is 3. The maximum Gasteiger partial charge on any atom is 0.326 e. The number of carbonyl (C=O) groups is 4. The molecule has 12 N–H and O–H groups in total.